The molecular formula is C19H22N2O2S. The lowest BCUT2D eigenvalue weighted by Crippen LogP contribution is -2.29. The molecular weight excluding hydrogens is 320 g/mol. The number of H-pyrrole nitrogens is 1. The van der Waals surface area contributed by atoms with Crippen LogP contribution < -0.4 is 0 Å². The van der Waals surface area contributed by atoms with E-state index in [9.17, 15) is 8.42 Å². The van der Waals surface area contributed by atoms with Crippen molar-refractivity contribution in [2.24, 2.45) is 0 Å². The molecule has 0 fully saturated rings. The zero-order chi connectivity index (χ0) is 17.3. The summed E-state index contributed by atoms with van der Waals surface area (Å²) in [6.45, 7) is 4.25. The minimum absolute atomic E-state index is 0.384. The van der Waals surface area contributed by atoms with Gasteiger partial charge in [0.2, 0.25) is 10.0 Å². The number of hydrogen-bond acceptors (Lipinski definition) is 2. The Hall–Kier alpha value is -2.11. The second-order valence-corrected chi connectivity index (χ2v) is 8.22. The van der Waals surface area contributed by atoms with E-state index in [4.69, 9.17) is 0 Å². The summed E-state index contributed by atoms with van der Waals surface area (Å²) < 4.78 is 27.0. The molecule has 3 aromatic rings. The Morgan fingerprint density at radius 1 is 1.08 bits per heavy atom. The van der Waals surface area contributed by atoms with Crippen molar-refractivity contribution < 1.29 is 8.42 Å². The largest absolute Gasteiger partial charge is 0.361 e. The fourth-order valence-electron chi connectivity index (χ4n) is 2.99. The summed E-state index contributed by atoms with van der Waals surface area (Å²) in [6.07, 6.45) is 2.63. The van der Waals surface area contributed by atoms with E-state index in [0.29, 0.717) is 17.9 Å². The second kappa shape index (κ2) is 6.42. The normalized spacial score (nSPS) is 12.2. The summed E-state index contributed by atoms with van der Waals surface area (Å²) in [5.41, 5.74) is 4.06. The van der Waals surface area contributed by atoms with Gasteiger partial charge in [0.15, 0.2) is 0 Å². The molecule has 3 rings (SSSR count). The molecule has 1 aromatic heterocycles. The fraction of sp³-hybridized carbons (Fsp3) is 0.263. The third-order valence-electron chi connectivity index (χ3n) is 4.39. The van der Waals surface area contributed by atoms with E-state index in [1.165, 1.54) is 4.31 Å². The molecule has 0 saturated carbocycles. The number of nitrogens with one attached hydrogen (secondary N) is 1. The van der Waals surface area contributed by atoms with Crippen molar-refractivity contribution in [3.8, 4) is 0 Å². The summed E-state index contributed by atoms with van der Waals surface area (Å²) in [5, 5.41) is 1.15. The molecule has 1 heterocycles. The smallest absolute Gasteiger partial charge is 0.243 e. The summed E-state index contributed by atoms with van der Waals surface area (Å²) in [5.74, 6) is 0. The number of fused-ring (bicyclic) bond motifs is 1. The van der Waals surface area contributed by atoms with Gasteiger partial charge < -0.3 is 4.98 Å². The highest BCUT2D eigenvalue weighted by Gasteiger charge is 2.22. The molecule has 0 amide bonds. The first-order chi connectivity index (χ1) is 11.4. The van der Waals surface area contributed by atoms with Crippen LogP contribution in [0, 0.1) is 13.8 Å². The lowest BCUT2D eigenvalue weighted by Gasteiger charge is -2.18. The quantitative estimate of drug-likeness (QED) is 0.769. The molecule has 1 N–H and O–H groups in total. The monoisotopic (exact) mass is 342 g/mol. The number of aryl methyl sites for hydroxylation is 2. The summed E-state index contributed by atoms with van der Waals surface area (Å²) in [6, 6.07) is 13.5. The molecule has 0 aliphatic carbocycles. The van der Waals surface area contributed by atoms with Crippen LogP contribution in [0.15, 0.2) is 53.6 Å². The van der Waals surface area contributed by atoms with E-state index in [-0.39, 0.29) is 0 Å². The summed E-state index contributed by atoms with van der Waals surface area (Å²) in [4.78, 5) is 3.61. The maximum Gasteiger partial charge on any atom is 0.243 e. The van der Waals surface area contributed by atoms with Gasteiger partial charge in [-0.1, -0.05) is 35.9 Å². The van der Waals surface area contributed by atoms with Crippen molar-refractivity contribution in [1.29, 1.82) is 0 Å². The van der Waals surface area contributed by atoms with Gasteiger partial charge in [0, 0.05) is 30.7 Å². The molecule has 0 atom stereocenters. The highest BCUT2D eigenvalue weighted by atomic mass is 32.2. The Bertz CT molecular complexity index is 974. The molecule has 0 spiro atoms. The van der Waals surface area contributed by atoms with Gasteiger partial charge in [-0.15, -0.1) is 0 Å². The minimum atomic E-state index is -3.47. The van der Waals surface area contributed by atoms with E-state index >= 15 is 0 Å². The molecule has 126 valence electrons. The minimum Gasteiger partial charge on any atom is -0.361 e. The van der Waals surface area contributed by atoms with Crippen LogP contribution in [0.4, 0.5) is 0 Å². The van der Waals surface area contributed by atoms with E-state index in [1.54, 1.807) is 13.1 Å². The first kappa shape index (κ1) is 16.7. The van der Waals surface area contributed by atoms with Crippen LogP contribution >= 0.6 is 0 Å². The Labute approximate surface area is 143 Å². The van der Waals surface area contributed by atoms with Crippen LogP contribution in [0.1, 0.15) is 16.7 Å². The standard InChI is InChI=1S/C19H22N2O2S/c1-14-8-9-19(15(2)12-14)24(22,23)21(3)11-10-16-13-20-18-7-5-4-6-17(16)18/h4-9,12-13,20H,10-11H2,1-3H3. The Morgan fingerprint density at radius 3 is 2.58 bits per heavy atom. The van der Waals surface area contributed by atoms with Crippen LogP contribution in [0.2, 0.25) is 0 Å². The second-order valence-electron chi connectivity index (χ2n) is 6.21. The predicted octanol–water partition coefficient (Wildman–Crippen LogP) is 3.65. The Balaban J connectivity index is 1.80. The van der Waals surface area contributed by atoms with Gasteiger partial charge in [-0.3, -0.25) is 0 Å². The van der Waals surface area contributed by atoms with Gasteiger partial charge in [0.25, 0.3) is 0 Å². The summed E-state index contributed by atoms with van der Waals surface area (Å²) in [7, 11) is -1.83. The molecule has 2 aromatic carbocycles. The van der Waals surface area contributed by atoms with E-state index in [1.807, 2.05) is 50.4 Å². The number of benzene rings is 2. The number of hydrogen-bond donors (Lipinski definition) is 1. The summed E-state index contributed by atoms with van der Waals surface area (Å²) >= 11 is 0. The van der Waals surface area contributed by atoms with Crippen LogP contribution in [-0.4, -0.2) is 31.3 Å². The highest BCUT2D eigenvalue weighted by Crippen LogP contribution is 2.22. The molecule has 0 aliphatic rings. The predicted molar refractivity (Wildman–Crippen MR) is 97.7 cm³/mol. The molecule has 4 nitrogen and oxygen atoms in total. The van der Waals surface area contributed by atoms with Crippen molar-refractivity contribution in [2.75, 3.05) is 13.6 Å². The first-order valence-electron chi connectivity index (χ1n) is 7.98. The SMILES string of the molecule is Cc1ccc(S(=O)(=O)N(C)CCc2c[nH]c3ccccc23)c(C)c1. The van der Waals surface area contributed by atoms with Crippen LogP contribution in [0.3, 0.4) is 0 Å². The lowest BCUT2D eigenvalue weighted by molar-refractivity contribution is 0.472. The average molecular weight is 342 g/mol. The molecule has 0 saturated heterocycles. The van der Waals surface area contributed by atoms with Crippen LogP contribution in [-0.2, 0) is 16.4 Å². The van der Waals surface area contributed by atoms with E-state index in [0.717, 1.165) is 27.6 Å². The van der Waals surface area contributed by atoms with Gasteiger partial charge in [-0.05, 0) is 43.5 Å². The number of likely N-dealkylation sites (N-methyl/N-ethyl adjacent to an activating group) is 1. The number of aromatic nitrogens is 1. The highest BCUT2D eigenvalue weighted by molar-refractivity contribution is 7.89. The lowest BCUT2D eigenvalue weighted by atomic mass is 10.1. The molecule has 5 heteroatoms. The van der Waals surface area contributed by atoms with Crippen LogP contribution in [0.25, 0.3) is 10.9 Å². The number of para-hydroxylation sites is 1. The Morgan fingerprint density at radius 2 is 1.83 bits per heavy atom. The topological polar surface area (TPSA) is 53.2 Å². The number of sulfonamides is 1. The van der Waals surface area contributed by atoms with Crippen molar-refractivity contribution in [3.05, 3.63) is 65.4 Å². The van der Waals surface area contributed by atoms with Crippen LogP contribution in [0.5, 0.6) is 0 Å². The third-order valence-corrected chi connectivity index (χ3v) is 6.41. The number of aromatic amines is 1. The van der Waals surface area contributed by atoms with Gasteiger partial charge in [-0.25, -0.2) is 12.7 Å². The molecule has 0 bridgehead atoms. The zero-order valence-corrected chi connectivity index (χ0v) is 15.0. The Kier molecular flexibility index (Phi) is 4.47. The van der Waals surface area contributed by atoms with Gasteiger partial charge in [0.05, 0.1) is 4.90 Å². The fourth-order valence-corrected chi connectivity index (χ4v) is 4.37. The third kappa shape index (κ3) is 3.09. The average Bonchev–Trinajstić information content (AvgIpc) is 2.95. The van der Waals surface area contributed by atoms with E-state index < -0.39 is 10.0 Å². The van der Waals surface area contributed by atoms with Crippen molar-refractivity contribution in [1.82, 2.24) is 9.29 Å². The zero-order valence-electron chi connectivity index (χ0n) is 14.2. The molecule has 0 radical (unpaired) electrons. The number of rotatable bonds is 5. The molecule has 0 unspecified atom stereocenters. The maximum atomic E-state index is 12.8. The first-order valence-corrected chi connectivity index (χ1v) is 9.42. The van der Waals surface area contributed by atoms with Gasteiger partial charge in [0.1, 0.15) is 0 Å². The van der Waals surface area contributed by atoms with Crippen molar-refractivity contribution >= 4 is 20.9 Å². The van der Waals surface area contributed by atoms with Gasteiger partial charge >= 0.3 is 0 Å². The molecule has 24 heavy (non-hydrogen) atoms. The van der Waals surface area contributed by atoms with E-state index in [2.05, 4.69) is 11.1 Å². The maximum absolute atomic E-state index is 12.8. The molecule has 0 aliphatic heterocycles. The number of nitrogens with zero attached hydrogens (tertiary/aromatic N) is 1. The van der Waals surface area contributed by atoms with Crippen molar-refractivity contribution in [3.63, 3.8) is 0 Å². The van der Waals surface area contributed by atoms with Crippen molar-refractivity contribution in [2.45, 2.75) is 25.2 Å². The van der Waals surface area contributed by atoms with Gasteiger partial charge in [-0.2, -0.15) is 0 Å².